The standard InChI is InChI=1S/C21H25NO4/c1-15-7-6-10-19(16(15)2)26-20-11-12-22(13-18(20)23)21(24)25-14-17-8-4-3-5-9-17/h3-10,18,20,23H,11-14H2,1-2H3/t18-,20-/m0/s1. The van der Waals surface area contributed by atoms with Gasteiger partial charge in [-0.3, -0.25) is 0 Å². The summed E-state index contributed by atoms with van der Waals surface area (Å²) in [5, 5.41) is 10.4. The van der Waals surface area contributed by atoms with E-state index >= 15 is 0 Å². The average Bonchev–Trinajstić information content (AvgIpc) is 2.65. The number of aliphatic hydroxyl groups is 1. The molecule has 26 heavy (non-hydrogen) atoms. The molecule has 1 N–H and O–H groups in total. The number of aliphatic hydroxyl groups excluding tert-OH is 1. The normalized spacial score (nSPS) is 19.9. The lowest BCUT2D eigenvalue weighted by molar-refractivity contribution is -0.0255. The lowest BCUT2D eigenvalue weighted by atomic mass is 10.0. The van der Waals surface area contributed by atoms with Crippen LogP contribution in [0.2, 0.25) is 0 Å². The number of amides is 1. The van der Waals surface area contributed by atoms with E-state index in [4.69, 9.17) is 9.47 Å². The zero-order valence-corrected chi connectivity index (χ0v) is 15.2. The second-order valence-corrected chi connectivity index (χ2v) is 6.70. The fraction of sp³-hybridized carbons (Fsp3) is 0.381. The quantitative estimate of drug-likeness (QED) is 0.913. The monoisotopic (exact) mass is 355 g/mol. The van der Waals surface area contributed by atoms with Crippen LogP contribution < -0.4 is 4.74 Å². The minimum Gasteiger partial charge on any atom is -0.487 e. The van der Waals surface area contributed by atoms with Crippen LogP contribution in [0.4, 0.5) is 4.79 Å². The van der Waals surface area contributed by atoms with Crippen molar-refractivity contribution in [2.24, 2.45) is 0 Å². The highest BCUT2D eigenvalue weighted by molar-refractivity contribution is 5.67. The Morgan fingerprint density at radius 3 is 2.65 bits per heavy atom. The number of carbonyl (C=O) groups is 1. The van der Waals surface area contributed by atoms with Crippen LogP contribution in [0.5, 0.6) is 5.75 Å². The Bertz CT molecular complexity index is 747. The summed E-state index contributed by atoms with van der Waals surface area (Å²) in [5.41, 5.74) is 3.16. The highest BCUT2D eigenvalue weighted by atomic mass is 16.6. The van der Waals surface area contributed by atoms with Crippen LogP contribution in [0.1, 0.15) is 23.1 Å². The summed E-state index contributed by atoms with van der Waals surface area (Å²) in [6.45, 7) is 4.98. The summed E-state index contributed by atoms with van der Waals surface area (Å²) in [7, 11) is 0. The fourth-order valence-electron chi connectivity index (χ4n) is 3.04. The number of aryl methyl sites for hydroxylation is 1. The van der Waals surface area contributed by atoms with Gasteiger partial charge in [-0.1, -0.05) is 42.5 Å². The van der Waals surface area contributed by atoms with Crippen LogP contribution in [-0.2, 0) is 11.3 Å². The third kappa shape index (κ3) is 4.35. The molecule has 5 nitrogen and oxygen atoms in total. The molecule has 0 bridgehead atoms. The van der Waals surface area contributed by atoms with Gasteiger partial charge in [-0.25, -0.2) is 4.79 Å². The number of piperidine rings is 1. The number of hydrogen-bond donors (Lipinski definition) is 1. The number of carbonyl (C=O) groups excluding carboxylic acids is 1. The van der Waals surface area contributed by atoms with E-state index in [1.54, 1.807) is 0 Å². The Balaban J connectivity index is 1.53. The minimum atomic E-state index is -0.743. The topological polar surface area (TPSA) is 59.0 Å². The Hall–Kier alpha value is -2.53. The van der Waals surface area contributed by atoms with E-state index in [1.807, 2.05) is 62.4 Å². The maximum Gasteiger partial charge on any atom is 0.410 e. The van der Waals surface area contributed by atoms with E-state index < -0.39 is 12.2 Å². The molecule has 1 aliphatic heterocycles. The average molecular weight is 355 g/mol. The van der Waals surface area contributed by atoms with Gasteiger partial charge < -0.3 is 19.5 Å². The van der Waals surface area contributed by atoms with Crippen molar-refractivity contribution in [3.63, 3.8) is 0 Å². The number of β-amino-alcohol motifs (C(OH)–C–C–N with tert-alkyl or cyclic N) is 1. The second kappa shape index (κ2) is 8.23. The lowest BCUT2D eigenvalue weighted by Gasteiger charge is -2.35. The molecule has 1 amide bonds. The number of rotatable bonds is 4. The van der Waals surface area contributed by atoms with Gasteiger partial charge >= 0.3 is 6.09 Å². The van der Waals surface area contributed by atoms with Crippen LogP contribution in [0.3, 0.4) is 0 Å². The highest BCUT2D eigenvalue weighted by Gasteiger charge is 2.32. The molecule has 2 atom stereocenters. The summed E-state index contributed by atoms with van der Waals surface area (Å²) in [6, 6.07) is 15.4. The fourth-order valence-corrected chi connectivity index (χ4v) is 3.04. The van der Waals surface area contributed by atoms with Crippen LogP contribution >= 0.6 is 0 Å². The van der Waals surface area contributed by atoms with Gasteiger partial charge in [-0.15, -0.1) is 0 Å². The number of nitrogens with zero attached hydrogens (tertiary/aromatic N) is 1. The van der Waals surface area contributed by atoms with Gasteiger partial charge in [0, 0.05) is 13.0 Å². The summed E-state index contributed by atoms with van der Waals surface area (Å²) in [6.07, 6.45) is -0.908. The molecule has 0 aromatic heterocycles. The Morgan fingerprint density at radius 1 is 1.15 bits per heavy atom. The van der Waals surface area contributed by atoms with Crippen molar-refractivity contribution >= 4 is 6.09 Å². The summed E-state index contributed by atoms with van der Waals surface area (Å²) < 4.78 is 11.3. The first-order valence-corrected chi connectivity index (χ1v) is 8.91. The lowest BCUT2D eigenvalue weighted by Crippen LogP contribution is -2.51. The van der Waals surface area contributed by atoms with Gasteiger partial charge in [0.25, 0.3) is 0 Å². The van der Waals surface area contributed by atoms with Crippen molar-refractivity contribution in [2.75, 3.05) is 13.1 Å². The first-order valence-electron chi connectivity index (χ1n) is 8.91. The minimum absolute atomic E-state index is 0.211. The van der Waals surface area contributed by atoms with Crippen molar-refractivity contribution in [3.8, 4) is 5.75 Å². The van der Waals surface area contributed by atoms with Gasteiger partial charge in [0.2, 0.25) is 0 Å². The molecule has 5 heteroatoms. The van der Waals surface area contributed by atoms with Crippen LogP contribution in [0.15, 0.2) is 48.5 Å². The van der Waals surface area contributed by atoms with E-state index in [2.05, 4.69) is 0 Å². The van der Waals surface area contributed by atoms with E-state index in [0.717, 1.165) is 22.4 Å². The van der Waals surface area contributed by atoms with E-state index in [9.17, 15) is 9.90 Å². The molecule has 3 rings (SSSR count). The highest BCUT2D eigenvalue weighted by Crippen LogP contribution is 2.25. The number of benzene rings is 2. The molecule has 0 aliphatic carbocycles. The zero-order valence-electron chi connectivity index (χ0n) is 15.2. The molecule has 0 saturated carbocycles. The van der Waals surface area contributed by atoms with E-state index in [0.29, 0.717) is 13.0 Å². The molecular weight excluding hydrogens is 330 g/mol. The third-order valence-electron chi connectivity index (χ3n) is 4.82. The predicted molar refractivity (Wildman–Crippen MR) is 99.2 cm³/mol. The third-order valence-corrected chi connectivity index (χ3v) is 4.82. The van der Waals surface area contributed by atoms with Crippen LogP contribution in [-0.4, -0.2) is 41.4 Å². The van der Waals surface area contributed by atoms with Gasteiger partial charge in [0.05, 0.1) is 6.54 Å². The Kier molecular flexibility index (Phi) is 5.78. The molecule has 1 heterocycles. The van der Waals surface area contributed by atoms with Crippen molar-refractivity contribution in [3.05, 3.63) is 65.2 Å². The molecule has 2 aromatic rings. The molecule has 138 valence electrons. The first kappa shape index (κ1) is 18.3. The molecule has 0 radical (unpaired) electrons. The number of likely N-dealkylation sites (tertiary alicyclic amines) is 1. The Morgan fingerprint density at radius 2 is 1.92 bits per heavy atom. The second-order valence-electron chi connectivity index (χ2n) is 6.70. The van der Waals surface area contributed by atoms with Crippen molar-refractivity contribution in [1.29, 1.82) is 0 Å². The van der Waals surface area contributed by atoms with Gasteiger partial charge in [-0.05, 0) is 36.6 Å². The SMILES string of the molecule is Cc1cccc(O[C@H]2CCN(C(=O)OCc3ccccc3)C[C@@H]2O)c1C. The van der Waals surface area contributed by atoms with E-state index in [-0.39, 0.29) is 19.3 Å². The van der Waals surface area contributed by atoms with Crippen LogP contribution in [0, 0.1) is 13.8 Å². The van der Waals surface area contributed by atoms with Crippen LogP contribution in [0.25, 0.3) is 0 Å². The van der Waals surface area contributed by atoms with Crippen molar-refractivity contribution in [1.82, 2.24) is 4.90 Å². The predicted octanol–water partition coefficient (Wildman–Crippen LogP) is 3.45. The maximum absolute atomic E-state index is 12.2. The van der Waals surface area contributed by atoms with Gasteiger partial charge in [0.15, 0.2) is 0 Å². The Labute approximate surface area is 154 Å². The van der Waals surface area contributed by atoms with Crippen molar-refractivity contribution in [2.45, 2.75) is 39.1 Å². The number of ether oxygens (including phenoxy) is 2. The summed E-state index contributed by atoms with van der Waals surface area (Å²) in [5.74, 6) is 0.786. The number of hydrogen-bond acceptors (Lipinski definition) is 4. The summed E-state index contributed by atoms with van der Waals surface area (Å²) in [4.78, 5) is 13.8. The van der Waals surface area contributed by atoms with Gasteiger partial charge in [0.1, 0.15) is 24.6 Å². The maximum atomic E-state index is 12.2. The molecular formula is C21H25NO4. The van der Waals surface area contributed by atoms with Gasteiger partial charge in [-0.2, -0.15) is 0 Å². The largest absolute Gasteiger partial charge is 0.487 e. The van der Waals surface area contributed by atoms with Crippen molar-refractivity contribution < 1.29 is 19.4 Å². The van der Waals surface area contributed by atoms with E-state index in [1.165, 1.54) is 4.90 Å². The molecule has 2 aromatic carbocycles. The zero-order chi connectivity index (χ0) is 18.5. The smallest absolute Gasteiger partial charge is 0.410 e. The molecule has 0 spiro atoms. The molecule has 0 unspecified atom stereocenters. The summed E-state index contributed by atoms with van der Waals surface area (Å²) >= 11 is 0. The first-order chi connectivity index (χ1) is 12.5. The molecule has 1 saturated heterocycles. The molecule has 1 aliphatic rings. The molecule has 1 fully saturated rings.